The molecule has 1 rings (SSSR count). The molecular weight excluding hydrogens is 167 g/mol. The molecule has 0 aromatic carbocycles. The Bertz CT molecular complexity index is 181. The molecule has 3 unspecified atom stereocenters. The van der Waals surface area contributed by atoms with Gasteiger partial charge in [-0.1, -0.05) is 6.92 Å². The van der Waals surface area contributed by atoms with Gasteiger partial charge in [-0.15, -0.1) is 0 Å². The quantitative estimate of drug-likeness (QED) is 0.448. The smallest absolute Gasteiger partial charge is 0.319 e. The first-order valence-corrected chi connectivity index (χ1v) is 3.80. The Hall–Kier alpha value is -0.180. The summed E-state index contributed by atoms with van der Waals surface area (Å²) in [6.07, 6.45) is -1.12. The van der Waals surface area contributed by atoms with E-state index in [1.54, 1.807) is 6.92 Å². The van der Waals surface area contributed by atoms with Crippen molar-refractivity contribution in [3.05, 3.63) is 0 Å². The molecule has 64 valence electrons. The molecule has 4 nitrogen and oxygen atoms in total. The number of aliphatic hydroxyl groups excluding tert-OH is 1. The van der Waals surface area contributed by atoms with Crippen LogP contribution in [0.1, 0.15) is 13.3 Å². The Balaban J connectivity index is 2.71. The summed E-state index contributed by atoms with van der Waals surface area (Å²) in [5.74, 6) is -0.569. The molecule has 0 spiro atoms. The second-order valence-electron chi connectivity index (χ2n) is 2.92. The van der Waals surface area contributed by atoms with E-state index < -0.39 is 17.7 Å². The number of hydrogen-bond acceptors (Lipinski definition) is 4. The molecule has 0 amide bonds. The fourth-order valence-corrected chi connectivity index (χ4v) is 1.53. The zero-order valence-corrected chi connectivity index (χ0v) is 7.30. The monoisotopic (exact) mass is 178 g/mol. The molecular formula is C6H11O4P. The van der Waals surface area contributed by atoms with Crippen LogP contribution in [-0.4, -0.2) is 22.5 Å². The van der Waals surface area contributed by atoms with E-state index in [0.717, 1.165) is 0 Å². The maximum atomic E-state index is 11.0. The molecule has 0 aliphatic heterocycles. The molecule has 1 fully saturated rings. The highest BCUT2D eigenvalue weighted by Gasteiger charge is 2.63. The third-order valence-electron chi connectivity index (χ3n) is 2.31. The van der Waals surface area contributed by atoms with Gasteiger partial charge in [0.2, 0.25) is 0 Å². The lowest BCUT2D eigenvalue weighted by Gasteiger charge is -2.14. The van der Waals surface area contributed by atoms with Crippen LogP contribution in [0.15, 0.2) is 0 Å². The molecule has 5 heteroatoms. The zero-order valence-electron chi connectivity index (χ0n) is 6.15. The minimum Gasteiger partial charge on any atom is -0.451 e. The van der Waals surface area contributed by atoms with Gasteiger partial charge in [0.1, 0.15) is 5.41 Å². The van der Waals surface area contributed by atoms with E-state index in [0.29, 0.717) is 6.42 Å². The molecule has 1 saturated carbocycles. The SMILES string of the molecule is CC1CC1(C(=O)OP)C(O)O. The normalized spacial score (nSPS) is 35.5. The van der Waals surface area contributed by atoms with Crippen molar-refractivity contribution in [3.63, 3.8) is 0 Å². The topological polar surface area (TPSA) is 66.8 Å². The molecule has 0 saturated heterocycles. The predicted molar refractivity (Wildman–Crippen MR) is 40.2 cm³/mol. The lowest BCUT2D eigenvalue weighted by molar-refractivity contribution is -0.161. The van der Waals surface area contributed by atoms with Crippen LogP contribution in [-0.2, 0) is 9.32 Å². The lowest BCUT2D eigenvalue weighted by Crippen LogP contribution is -2.31. The molecule has 3 atom stereocenters. The van der Waals surface area contributed by atoms with Crippen LogP contribution in [0, 0.1) is 11.3 Å². The second-order valence-corrected chi connectivity index (χ2v) is 3.16. The molecule has 1 aliphatic carbocycles. The zero-order chi connectivity index (χ0) is 8.65. The van der Waals surface area contributed by atoms with Gasteiger partial charge in [0, 0.05) is 0 Å². The van der Waals surface area contributed by atoms with E-state index in [-0.39, 0.29) is 5.92 Å². The maximum Gasteiger partial charge on any atom is 0.319 e. The van der Waals surface area contributed by atoms with E-state index in [9.17, 15) is 4.79 Å². The van der Waals surface area contributed by atoms with Crippen molar-refractivity contribution in [1.29, 1.82) is 0 Å². The largest absolute Gasteiger partial charge is 0.451 e. The minimum atomic E-state index is -1.61. The van der Waals surface area contributed by atoms with Crippen molar-refractivity contribution in [1.82, 2.24) is 0 Å². The fraction of sp³-hybridized carbons (Fsp3) is 0.833. The molecule has 0 radical (unpaired) electrons. The van der Waals surface area contributed by atoms with E-state index in [1.807, 2.05) is 9.47 Å². The standard InChI is InChI=1S/C6H11O4P/c1-3-2-6(3,4(7)8)5(9)10-11/h3-4,7-8H,2,11H2,1H3. The Morgan fingerprint density at radius 2 is 2.27 bits per heavy atom. The third-order valence-corrected chi connectivity index (χ3v) is 2.53. The van der Waals surface area contributed by atoms with Gasteiger partial charge in [0.15, 0.2) is 6.29 Å². The van der Waals surface area contributed by atoms with Crippen LogP contribution in [0.25, 0.3) is 0 Å². The summed E-state index contributed by atoms with van der Waals surface area (Å²) >= 11 is 0. The van der Waals surface area contributed by atoms with Crippen LogP contribution in [0.5, 0.6) is 0 Å². The number of aliphatic hydroxyl groups is 2. The Morgan fingerprint density at radius 1 is 1.82 bits per heavy atom. The Kier molecular flexibility index (Phi) is 2.19. The summed E-state index contributed by atoms with van der Waals surface area (Å²) < 4.78 is 4.37. The van der Waals surface area contributed by atoms with Gasteiger partial charge in [0.25, 0.3) is 0 Å². The van der Waals surface area contributed by atoms with Gasteiger partial charge in [-0.25, -0.2) is 0 Å². The van der Waals surface area contributed by atoms with Crippen LogP contribution >= 0.6 is 9.47 Å². The second kappa shape index (κ2) is 2.70. The van der Waals surface area contributed by atoms with Gasteiger partial charge in [-0.2, -0.15) is 0 Å². The third kappa shape index (κ3) is 1.15. The number of carbonyl (C=O) groups is 1. The lowest BCUT2D eigenvalue weighted by atomic mass is 10.0. The number of hydrogen-bond donors (Lipinski definition) is 2. The number of carbonyl (C=O) groups excluding carboxylic acids is 1. The van der Waals surface area contributed by atoms with Gasteiger partial charge in [-0.3, -0.25) is 4.79 Å². The van der Waals surface area contributed by atoms with Gasteiger partial charge in [0.05, 0.1) is 9.47 Å². The predicted octanol–water partition coefficient (Wildman–Crippen LogP) is -0.343. The summed E-state index contributed by atoms with van der Waals surface area (Å²) in [5, 5.41) is 17.7. The van der Waals surface area contributed by atoms with E-state index in [2.05, 4.69) is 4.52 Å². The summed E-state index contributed by atoms with van der Waals surface area (Å²) in [6, 6.07) is 0. The van der Waals surface area contributed by atoms with E-state index >= 15 is 0 Å². The number of rotatable bonds is 2. The molecule has 1 aliphatic rings. The van der Waals surface area contributed by atoms with Crippen molar-refractivity contribution in [2.24, 2.45) is 11.3 Å². The van der Waals surface area contributed by atoms with E-state index in [1.165, 1.54) is 0 Å². The molecule has 2 N–H and O–H groups in total. The highest BCUT2D eigenvalue weighted by molar-refractivity contribution is 7.10. The first-order valence-electron chi connectivity index (χ1n) is 3.33. The van der Waals surface area contributed by atoms with Crippen molar-refractivity contribution in [2.75, 3.05) is 0 Å². The highest BCUT2D eigenvalue weighted by Crippen LogP contribution is 2.55. The van der Waals surface area contributed by atoms with Crippen LogP contribution < -0.4 is 0 Å². The van der Waals surface area contributed by atoms with Crippen molar-refractivity contribution in [2.45, 2.75) is 19.6 Å². The average Bonchev–Trinajstić information content (AvgIpc) is 2.61. The molecule has 0 aromatic heterocycles. The Labute approximate surface area is 66.8 Å². The van der Waals surface area contributed by atoms with Crippen LogP contribution in [0.3, 0.4) is 0 Å². The van der Waals surface area contributed by atoms with Crippen molar-refractivity contribution >= 4 is 15.4 Å². The first-order chi connectivity index (χ1) is 5.05. The van der Waals surface area contributed by atoms with Crippen LogP contribution in [0.2, 0.25) is 0 Å². The highest BCUT2D eigenvalue weighted by atomic mass is 31.0. The van der Waals surface area contributed by atoms with Gasteiger partial charge >= 0.3 is 5.97 Å². The molecule has 0 aromatic rings. The molecule has 11 heavy (non-hydrogen) atoms. The average molecular weight is 178 g/mol. The maximum absolute atomic E-state index is 11.0. The van der Waals surface area contributed by atoms with Crippen molar-refractivity contribution < 1.29 is 19.5 Å². The van der Waals surface area contributed by atoms with E-state index in [4.69, 9.17) is 10.2 Å². The fourth-order valence-electron chi connectivity index (χ4n) is 1.31. The van der Waals surface area contributed by atoms with Gasteiger partial charge < -0.3 is 14.7 Å². The summed E-state index contributed by atoms with van der Waals surface area (Å²) in [6.45, 7) is 1.78. The Morgan fingerprint density at radius 3 is 2.36 bits per heavy atom. The summed E-state index contributed by atoms with van der Waals surface area (Å²) in [5.41, 5.74) is -1.05. The summed E-state index contributed by atoms with van der Waals surface area (Å²) in [7, 11) is 1.81. The first kappa shape index (κ1) is 8.91. The van der Waals surface area contributed by atoms with Gasteiger partial charge in [-0.05, 0) is 12.3 Å². The summed E-state index contributed by atoms with van der Waals surface area (Å²) in [4.78, 5) is 11.0. The minimum absolute atomic E-state index is 0.00412. The van der Waals surface area contributed by atoms with Crippen LogP contribution in [0.4, 0.5) is 0 Å². The molecule has 0 bridgehead atoms. The van der Waals surface area contributed by atoms with Crippen molar-refractivity contribution in [3.8, 4) is 0 Å². The molecule has 0 heterocycles.